The van der Waals surface area contributed by atoms with E-state index in [1.54, 1.807) is 6.07 Å². The van der Waals surface area contributed by atoms with Crippen molar-refractivity contribution in [2.24, 2.45) is 17.4 Å². The molecule has 1 saturated carbocycles. The molecule has 0 aliphatic heterocycles. The van der Waals surface area contributed by atoms with E-state index in [0.29, 0.717) is 5.69 Å². The van der Waals surface area contributed by atoms with Gasteiger partial charge in [0.1, 0.15) is 0 Å². The lowest BCUT2D eigenvalue weighted by atomic mass is 9.74. The van der Waals surface area contributed by atoms with Gasteiger partial charge in [-0.25, -0.2) is 0 Å². The number of halogens is 2. The number of carbonyl (C=O) groups is 2. The van der Waals surface area contributed by atoms with Crippen molar-refractivity contribution in [2.75, 3.05) is 5.32 Å². The highest BCUT2D eigenvalue weighted by atomic mass is 35.5. The van der Waals surface area contributed by atoms with E-state index < -0.39 is 11.4 Å². The maximum Gasteiger partial charge on any atom is 0.250 e. The van der Waals surface area contributed by atoms with Gasteiger partial charge in [0, 0.05) is 11.2 Å². The van der Waals surface area contributed by atoms with Crippen LogP contribution in [0.15, 0.2) is 18.2 Å². The second-order valence-electron chi connectivity index (χ2n) is 5.85. The summed E-state index contributed by atoms with van der Waals surface area (Å²) < 4.78 is 0. The summed E-state index contributed by atoms with van der Waals surface area (Å²) in [6, 6.07) is 4.64. The van der Waals surface area contributed by atoms with E-state index in [1.165, 1.54) is 12.1 Å². The Bertz CT molecular complexity index is 576. The molecule has 0 heterocycles. The van der Waals surface area contributed by atoms with Crippen molar-refractivity contribution in [2.45, 2.75) is 38.1 Å². The Labute approximate surface area is 141 Å². The Morgan fingerprint density at radius 3 is 2.59 bits per heavy atom. The van der Waals surface area contributed by atoms with Crippen molar-refractivity contribution >= 4 is 41.5 Å². The molecular weight excluding hydrogens is 325 g/mol. The van der Waals surface area contributed by atoms with Gasteiger partial charge in [0.25, 0.3) is 0 Å². The summed E-state index contributed by atoms with van der Waals surface area (Å²) in [4.78, 5) is 23.5. The van der Waals surface area contributed by atoms with Gasteiger partial charge >= 0.3 is 0 Å². The molecule has 0 spiro atoms. The first-order valence-corrected chi connectivity index (χ1v) is 7.38. The van der Waals surface area contributed by atoms with Crippen LogP contribution in [0.2, 0.25) is 5.02 Å². The molecule has 1 aromatic carbocycles. The van der Waals surface area contributed by atoms with Crippen molar-refractivity contribution in [1.82, 2.24) is 0 Å². The van der Waals surface area contributed by atoms with Crippen LogP contribution in [-0.4, -0.2) is 17.4 Å². The van der Waals surface area contributed by atoms with Crippen molar-refractivity contribution in [3.63, 3.8) is 0 Å². The predicted molar refractivity (Wildman–Crippen MR) is 90.4 cm³/mol. The van der Waals surface area contributed by atoms with Gasteiger partial charge < -0.3 is 16.8 Å². The summed E-state index contributed by atoms with van der Waals surface area (Å²) in [6.45, 7) is 1.92. The first-order valence-electron chi connectivity index (χ1n) is 7.00. The molecular formula is C15H21Cl2N3O2. The highest BCUT2D eigenvalue weighted by Crippen LogP contribution is 2.32. The number of benzene rings is 1. The smallest absolute Gasteiger partial charge is 0.250 e. The van der Waals surface area contributed by atoms with Gasteiger partial charge in [-0.1, -0.05) is 24.4 Å². The topological polar surface area (TPSA) is 98.2 Å². The maximum absolute atomic E-state index is 12.4. The largest absolute Gasteiger partial charge is 0.366 e. The second-order valence-corrected chi connectivity index (χ2v) is 6.26. The number of carbonyl (C=O) groups excluding carboxylic acids is 2. The SMILES string of the molecule is CC1(N)CCCCC1C(=O)Nc1ccc(C(N)=O)c(Cl)c1.Cl. The zero-order valence-corrected chi connectivity index (χ0v) is 14.0. The molecule has 1 aromatic rings. The number of hydrogen-bond acceptors (Lipinski definition) is 3. The number of anilines is 1. The molecule has 1 aliphatic carbocycles. The van der Waals surface area contributed by atoms with Gasteiger partial charge in [-0.15, -0.1) is 12.4 Å². The van der Waals surface area contributed by atoms with Gasteiger partial charge in [-0.05, 0) is 38.0 Å². The summed E-state index contributed by atoms with van der Waals surface area (Å²) in [5.41, 5.74) is 11.7. The Morgan fingerprint density at radius 1 is 1.36 bits per heavy atom. The number of amides is 2. The van der Waals surface area contributed by atoms with Gasteiger partial charge in [0.2, 0.25) is 11.8 Å². The molecule has 0 saturated heterocycles. The van der Waals surface area contributed by atoms with Crippen LogP contribution in [0.1, 0.15) is 43.0 Å². The standard InChI is InChI=1S/C15H20ClN3O2.ClH/c1-15(18)7-3-2-4-11(15)14(21)19-9-5-6-10(13(17)20)12(16)8-9;/h5-6,8,11H,2-4,7,18H2,1H3,(H2,17,20)(H,19,21);1H. The van der Waals surface area contributed by atoms with E-state index in [9.17, 15) is 9.59 Å². The fourth-order valence-corrected chi connectivity index (χ4v) is 3.08. The monoisotopic (exact) mass is 345 g/mol. The zero-order chi connectivity index (χ0) is 15.6. The third kappa shape index (κ3) is 4.12. The molecule has 1 fully saturated rings. The molecule has 2 atom stereocenters. The lowest BCUT2D eigenvalue weighted by molar-refractivity contribution is -0.122. The number of rotatable bonds is 3. The molecule has 2 amide bonds. The van der Waals surface area contributed by atoms with E-state index in [2.05, 4.69) is 5.32 Å². The predicted octanol–water partition coefficient (Wildman–Crippen LogP) is 2.71. The Hall–Kier alpha value is -1.30. The Kier molecular flexibility index (Phi) is 6.23. The van der Waals surface area contributed by atoms with E-state index in [1.807, 2.05) is 6.92 Å². The molecule has 0 aromatic heterocycles. The molecule has 122 valence electrons. The zero-order valence-electron chi connectivity index (χ0n) is 12.4. The van der Waals surface area contributed by atoms with Crippen molar-refractivity contribution in [3.8, 4) is 0 Å². The van der Waals surface area contributed by atoms with Gasteiger partial charge in [0.05, 0.1) is 16.5 Å². The minimum Gasteiger partial charge on any atom is -0.366 e. The van der Waals surface area contributed by atoms with E-state index in [0.717, 1.165) is 25.7 Å². The van der Waals surface area contributed by atoms with Crippen LogP contribution in [-0.2, 0) is 4.79 Å². The van der Waals surface area contributed by atoms with Crippen LogP contribution in [0.5, 0.6) is 0 Å². The van der Waals surface area contributed by atoms with Gasteiger partial charge in [-0.3, -0.25) is 9.59 Å². The molecule has 7 heteroatoms. The summed E-state index contributed by atoms with van der Waals surface area (Å²) in [7, 11) is 0. The molecule has 1 aliphatic rings. The Morgan fingerprint density at radius 2 is 2.05 bits per heavy atom. The van der Waals surface area contributed by atoms with Crippen LogP contribution in [0.3, 0.4) is 0 Å². The lowest BCUT2D eigenvalue weighted by Crippen LogP contribution is -2.51. The minimum absolute atomic E-state index is 0. The van der Waals surface area contributed by atoms with Crippen LogP contribution in [0.25, 0.3) is 0 Å². The summed E-state index contributed by atoms with van der Waals surface area (Å²) in [6.07, 6.45) is 3.68. The fraction of sp³-hybridized carbons (Fsp3) is 0.467. The molecule has 0 bridgehead atoms. The third-order valence-electron chi connectivity index (χ3n) is 4.07. The lowest BCUT2D eigenvalue weighted by Gasteiger charge is -2.37. The number of nitrogens with one attached hydrogen (secondary N) is 1. The highest BCUT2D eigenvalue weighted by Gasteiger charge is 2.37. The summed E-state index contributed by atoms with van der Waals surface area (Å²) in [5.74, 6) is -0.928. The minimum atomic E-state index is -0.598. The third-order valence-corrected chi connectivity index (χ3v) is 4.39. The number of hydrogen-bond donors (Lipinski definition) is 3. The van der Waals surface area contributed by atoms with Crippen molar-refractivity contribution < 1.29 is 9.59 Å². The molecule has 5 nitrogen and oxygen atoms in total. The van der Waals surface area contributed by atoms with Gasteiger partial charge in [0.15, 0.2) is 0 Å². The van der Waals surface area contributed by atoms with Crippen LogP contribution >= 0.6 is 24.0 Å². The maximum atomic E-state index is 12.4. The van der Waals surface area contributed by atoms with E-state index in [-0.39, 0.29) is 34.8 Å². The Balaban J connectivity index is 0.00000242. The summed E-state index contributed by atoms with van der Waals surface area (Å²) in [5, 5.41) is 3.04. The van der Waals surface area contributed by atoms with Crippen LogP contribution in [0, 0.1) is 5.92 Å². The van der Waals surface area contributed by atoms with E-state index >= 15 is 0 Å². The number of nitrogens with two attached hydrogens (primary N) is 2. The van der Waals surface area contributed by atoms with E-state index in [4.69, 9.17) is 23.1 Å². The molecule has 2 unspecified atom stereocenters. The fourth-order valence-electron chi connectivity index (χ4n) is 2.81. The van der Waals surface area contributed by atoms with Gasteiger partial charge in [-0.2, -0.15) is 0 Å². The molecule has 22 heavy (non-hydrogen) atoms. The average molecular weight is 346 g/mol. The quantitative estimate of drug-likeness (QED) is 0.785. The van der Waals surface area contributed by atoms with Crippen molar-refractivity contribution in [3.05, 3.63) is 28.8 Å². The first-order chi connectivity index (χ1) is 9.81. The van der Waals surface area contributed by atoms with Crippen molar-refractivity contribution in [1.29, 1.82) is 0 Å². The highest BCUT2D eigenvalue weighted by molar-refractivity contribution is 6.34. The summed E-state index contributed by atoms with van der Waals surface area (Å²) >= 11 is 5.97. The second kappa shape index (κ2) is 7.31. The normalized spacial score (nSPS) is 24.2. The van der Waals surface area contributed by atoms with Crippen LogP contribution < -0.4 is 16.8 Å². The molecule has 2 rings (SSSR count). The van der Waals surface area contributed by atoms with Crippen LogP contribution in [0.4, 0.5) is 5.69 Å². The number of primary amides is 1. The average Bonchev–Trinajstić information content (AvgIpc) is 2.37. The molecule has 0 radical (unpaired) electrons. The molecule has 5 N–H and O–H groups in total. The first kappa shape index (κ1) is 18.7.